The Labute approximate surface area is 115 Å². The van der Waals surface area contributed by atoms with E-state index < -0.39 is 23.8 Å². The lowest BCUT2D eigenvalue weighted by Gasteiger charge is -2.16. The van der Waals surface area contributed by atoms with Crippen LogP contribution in [0.25, 0.3) is 0 Å². The van der Waals surface area contributed by atoms with E-state index >= 15 is 0 Å². The normalized spacial score (nSPS) is 11.9. The number of carbonyl (C=O) groups is 1. The van der Waals surface area contributed by atoms with Crippen molar-refractivity contribution in [2.45, 2.75) is 32.7 Å². The van der Waals surface area contributed by atoms with E-state index in [1.807, 2.05) is 0 Å². The Kier molecular flexibility index (Phi) is 6.16. The Morgan fingerprint density at radius 3 is 2.30 bits per heavy atom. The first-order valence-corrected chi connectivity index (χ1v) is 6.32. The zero-order chi connectivity index (χ0) is 15.2. The Morgan fingerprint density at radius 1 is 1.20 bits per heavy atom. The van der Waals surface area contributed by atoms with Crippen LogP contribution in [0.3, 0.4) is 0 Å². The van der Waals surface area contributed by atoms with E-state index in [1.165, 1.54) is 12.1 Å². The number of rotatable bonds is 7. The van der Waals surface area contributed by atoms with Crippen LogP contribution >= 0.6 is 0 Å². The third-order valence-corrected chi connectivity index (χ3v) is 2.57. The van der Waals surface area contributed by atoms with Crippen LogP contribution in [0.1, 0.15) is 36.2 Å². The predicted molar refractivity (Wildman–Crippen MR) is 67.4 cm³/mol. The summed E-state index contributed by atoms with van der Waals surface area (Å²) in [6.07, 6.45) is -5.30. The zero-order valence-corrected chi connectivity index (χ0v) is 11.4. The third kappa shape index (κ3) is 4.94. The van der Waals surface area contributed by atoms with Crippen molar-refractivity contribution in [1.82, 2.24) is 0 Å². The standard InChI is InChI=1S/C14H17F3O3/c1-3-19-13(20-4-2)9-12(18)10-6-5-7-11(8-10)14(15,16)17/h5-8,13H,3-4,9H2,1-2H3. The van der Waals surface area contributed by atoms with Crippen LogP contribution in [0.5, 0.6) is 0 Å². The molecule has 1 aromatic rings. The van der Waals surface area contributed by atoms with E-state index in [0.29, 0.717) is 13.2 Å². The van der Waals surface area contributed by atoms with Crippen LogP contribution in [-0.4, -0.2) is 25.3 Å². The molecule has 3 nitrogen and oxygen atoms in total. The molecule has 0 saturated carbocycles. The number of alkyl halides is 3. The number of ketones is 1. The highest BCUT2D eigenvalue weighted by Crippen LogP contribution is 2.29. The molecule has 0 unspecified atom stereocenters. The molecular weight excluding hydrogens is 273 g/mol. The maximum atomic E-state index is 12.6. The van der Waals surface area contributed by atoms with Crippen molar-refractivity contribution in [3.05, 3.63) is 35.4 Å². The molecule has 0 aliphatic heterocycles. The Bertz CT molecular complexity index is 438. The van der Waals surface area contributed by atoms with Crippen LogP contribution in [0.4, 0.5) is 13.2 Å². The number of ether oxygens (including phenoxy) is 2. The van der Waals surface area contributed by atoms with Crippen molar-refractivity contribution in [2.75, 3.05) is 13.2 Å². The molecule has 0 amide bonds. The van der Waals surface area contributed by atoms with Gasteiger partial charge >= 0.3 is 6.18 Å². The molecule has 0 spiro atoms. The quantitative estimate of drug-likeness (QED) is 0.567. The highest BCUT2D eigenvalue weighted by molar-refractivity contribution is 5.96. The molecule has 0 bridgehead atoms. The van der Waals surface area contributed by atoms with Gasteiger partial charge in [0.2, 0.25) is 0 Å². The highest BCUT2D eigenvalue weighted by atomic mass is 19.4. The zero-order valence-electron chi connectivity index (χ0n) is 11.4. The lowest BCUT2D eigenvalue weighted by Crippen LogP contribution is -2.21. The van der Waals surface area contributed by atoms with Crippen LogP contribution in [0.15, 0.2) is 24.3 Å². The number of carbonyl (C=O) groups excluding carboxylic acids is 1. The van der Waals surface area contributed by atoms with Crippen LogP contribution in [-0.2, 0) is 15.7 Å². The average molecular weight is 290 g/mol. The van der Waals surface area contributed by atoms with Gasteiger partial charge in [-0.1, -0.05) is 12.1 Å². The first-order chi connectivity index (χ1) is 9.38. The summed E-state index contributed by atoms with van der Waals surface area (Å²) in [5.74, 6) is -0.442. The fourth-order valence-corrected chi connectivity index (χ4v) is 1.68. The minimum absolute atomic E-state index is 0.00392. The van der Waals surface area contributed by atoms with Gasteiger partial charge in [0.15, 0.2) is 12.1 Å². The van der Waals surface area contributed by atoms with E-state index in [2.05, 4.69) is 0 Å². The molecule has 0 heterocycles. The summed E-state index contributed by atoms with van der Waals surface area (Å²) in [6, 6.07) is 4.34. The number of halogens is 3. The Hall–Kier alpha value is -1.40. The van der Waals surface area contributed by atoms with Gasteiger partial charge in [-0.15, -0.1) is 0 Å². The molecule has 20 heavy (non-hydrogen) atoms. The molecule has 1 rings (SSSR count). The van der Waals surface area contributed by atoms with Crippen molar-refractivity contribution in [1.29, 1.82) is 0 Å². The molecule has 0 atom stereocenters. The summed E-state index contributed by atoms with van der Waals surface area (Å²) in [6.45, 7) is 4.22. The molecule has 0 aromatic heterocycles. The van der Waals surface area contributed by atoms with Crippen molar-refractivity contribution in [3.8, 4) is 0 Å². The summed E-state index contributed by atoms with van der Waals surface area (Å²) in [4.78, 5) is 12.0. The minimum Gasteiger partial charge on any atom is -0.352 e. The second-order valence-electron chi connectivity index (χ2n) is 4.05. The predicted octanol–water partition coefficient (Wildman–Crippen LogP) is 3.68. The van der Waals surface area contributed by atoms with Crippen molar-refractivity contribution < 1.29 is 27.4 Å². The molecule has 0 aliphatic carbocycles. The number of benzene rings is 1. The third-order valence-electron chi connectivity index (χ3n) is 2.57. The second kappa shape index (κ2) is 7.40. The molecule has 1 aromatic carbocycles. The topological polar surface area (TPSA) is 35.5 Å². The van der Waals surface area contributed by atoms with Crippen LogP contribution in [0.2, 0.25) is 0 Å². The molecule has 0 radical (unpaired) electrons. The SMILES string of the molecule is CCOC(CC(=O)c1cccc(C(F)(F)F)c1)OCC. The molecular formula is C14H17F3O3. The van der Waals surface area contributed by atoms with Gasteiger partial charge in [-0.3, -0.25) is 4.79 Å². The average Bonchev–Trinajstić information content (AvgIpc) is 2.38. The monoisotopic (exact) mass is 290 g/mol. The second-order valence-corrected chi connectivity index (χ2v) is 4.05. The molecule has 0 aliphatic rings. The Morgan fingerprint density at radius 2 is 1.80 bits per heavy atom. The fraction of sp³-hybridized carbons (Fsp3) is 0.500. The molecule has 0 N–H and O–H groups in total. The smallest absolute Gasteiger partial charge is 0.352 e. The van der Waals surface area contributed by atoms with E-state index in [1.54, 1.807) is 13.8 Å². The largest absolute Gasteiger partial charge is 0.416 e. The highest BCUT2D eigenvalue weighted by Gasteiger charge is 2.31. The Balaban J connectivity index is 2.81. The molecule has 6 heteroatoms. The summed E-state index contributed by atoms with van der Waals surface area (Å²) in [5.41, 5.74) is -0.836. The van der Waals surface area contributed by atoms with E-state index in [0.717, 1.165) is 12.1 Å². The number of hydrogen-bond donors (Lipinski definition) is 0. The fourth-order valence-electron chi connectivity index (χ4n) is 1.68. The van der Waals surface area contributed by atoms with Gasteiger partial charge in [-0.2, -0.15) is 13.2 Å². The van der Waals surface area contributed by atoms with Crippen molar-refractivity contribution in [2.24, 2.45) is 0 Å². The number of hydrogen-bond acceptors (Lipinski definition) is 3. The van der Waals surface area contributed by atoms with Gasteiger partial charge < -0.3 is 9.47 Å². The first-order valence-electron chi connectivity index (χ1n) is 6.32. The maximum Gasteiger partial charge on any atom is 0.416 e. The van der Waals surface area contributed by atoms with Crippen LogP contribution < -0.4 is 0 Å². The lowest BCUT2D eigenvalue weighted by molar-refractivity contribution is -0.137. The van der Waals surface area contributed by atoms with Crippen molar-refractivity contribution in [3.63, 3.8) is 0 Å². The van der Waals surface area contributed by atoms with Gasteiger partial charge in [0, 0.05) is 18.8 Å². The van der Waals surface area contributed by atoms with E-state index in [9.17, 15) is 18.0 Å². The molecule has 0 saturated heterocycles. The van der Waals surface area contributed by atoms with Gasteiger partial charge in [-0.05, 0) is 26.0 Å². The summed E-state index contributed by atoms with van der Waals surface area (Å²) >= 11 is 0. The van der Waals surface area contributed by atoms with Crippen molar-refractivity contribution >= 4 is 5.78 Å². The van der Waals surface area contributed by atoms with Gasteiger partial charge in [-0.25, -0.2) is 0 Å². The maximum absolute atomic E-state index is 12.6. The van der Waals surface area contributed by atoms with E-state index in [4.69, 9.17) is 9.47 Å². The minimum atomic E-state index is -4.46. The summed E-state index contributed by atoms with van der Waals surface area (Å²) < 4.78 is 48.1. The van der Waals surface area contributed by atoms with Gasteiger partial charge in [0.1, 0.15) is 0 Å². The molecule has 112 valence electrons. The summed E-state index contributed by atoms with van der Waals surface area (Å²) in [5, 5.41) is 0. The van der Waals surface area contributed by atoms with Gasteiger partial charge in [0.05, 0.1) is 12.0 Å². The summed E-state index contributed by atoms with van der Waals surface area (Å²) in [7, 11) is 0. The first kappa shape index (κ1) is 16.7. The molecule has 0 fully saturated rings. The van der Waals surface area contributed by atoms with E-state index in [-0.39, 0.29) is 12.0 Å². The lowest BCUT2D eigenvalue weighted by atomic mass is 10.0. The number of Topliss-reactive ketones (excluding diaryl/α,β-unsaturated/α-hetero) is 1. The van der Waals surface area contributed by atoms with Gasteiger partial charge in [0.25, 0.3) is 0 Å². The van der Waals surface area contributed by atoms with Crippen LogP contribution in [0, 0.1) is 0 Å².